The first kappa shape index (κ1) is 17.2. The number of nitrogens with zero attached hydrogens (tertiary/aromatic N) is 3. The highest BCUT2D eigenvalue weighted by atomic mass is 16.5. The van der Waals surface area contributed by atoms with Crippen LogP contribution in [-0.4, -0.2) is 55.6 Å². The molecule has 1 aromatic carbocycles. The Hall–Kier alpha value is -2.18. The molecular weight excluding hydrogens is 330 g/mol. The van der Waals surface area contributed by atoms with Crippen molar-refractivity contribution < 1.29 is 14.3 Å². The smallest absolute Gasteiger partial charge is 0.248 e. The third-order valence-electron chi connectivity index (χ3n) is 5.39. The van der Waals surface area contributed by atoms with Gasteiger partial charge in [-0.1, -0.05) is 6.08 Å². The van der Waals surface area contributed by atoms with Gasteiger partial charge >= 0.3 is 0 Å². The molecule has 0 aliphatic carbocycles. The lowest BCUT2D eigenvalue weighted by atomic mass is 10.1. The van der Waals surface area contributed by atoms with Gasteiger partial charge in [-0.3, -0.25) is 19.4 Å². The SMILES string of the molecule is O=C1C(N2CCOCC2)CC=CN1c1ccc(N2CCCCC2=O)cc1. The topological polar surface area (TPSA) is 53.1 Å². The number of ether oxygens (including phenoxy) is 1. The van der Waals surface area contributed by atoms with E-state index in [1.165, 1.54) is 0 Å². The lowest BCUT2D eigenvalue weighted by molar-refractivity contribution is -0.125. The first-order chi connectivity index (χ1) is 12.7. The predicted octanol–water partition coefficient (Wildman–Crippen LogP) is 2.15. The minimum absolute atomic E-state index is 0.108. The van der Waals surface area contributed by atoms with Crippen molar-refractivity contribution in [3.8, 4) is 0 Å². The molecule has 3 aliphatic rings. The van der Waals surface area contributed by atoms with Crippen LogP contribution in [-0.2, 0) is 14.3 Å². The minimum atomic E-state index is -0.118. The van der Waals surface area contributed by atoms with Gasteiger partial charge < -0.3 is 9.64 Å². The van der Waals surface area contributed by atoms with Crippen LogP contribution in [0.15, 0.2) is 36.5 Å². The molecule has 1 aromatic rings. The lowest BCUT2D eigenvalue weighted by Crippen LogP contribution is -2.52. The molecule has 0 saturated carbocycles. The van der Waals surface area contributed by atoms with Gasteiger partial charge in [-0.25, -0.2) is 0 Å². The zero-order valence-electron chi connectivity index (χ0n) is 15.0. The normalized spacial score (nSPS) is 25.0. The summed E-state index contributed by atoms with van der Waals surface area (Å²) in [5.74, 6) is 0.293. The Labute approximate surface area is 154 Å². The number of carbonyl (C=O) groups excluding carboxylic acids is 2. The zero-order chi connectivity index (χ0) is 17.9. The zero-order valence-corrected chi connectivity index (χ0v) is 15.0. The van der Waals surface area contributed by atoms with E-state index >= 15 is 0 Å². The first-order valence-electron chi connectivity index (χ1n) is 9.46. The summed E-state index contributed by atoms with van der Waals surface area (Å²) < 4.78 is 5.40. The molecule has 6 heteroatoms. The summed E-state index contributed by atoms with van der Waals surface area (Å²) in [7, 11) is 0. The van der Waals surface area contributed by atoms with Gasteiger partial charge in [0.15, 0.2) is 0 Å². The van der Waals surface area contributed by atoms with E-state index in [1.807, 2.05) is 35.4 Å². The average molecular weight is 355 g/mol. The molecule has 3 aliphatic heterocycles. The second-order valence-corrected chi connectivity index (χ2v) is 7.01. The number of hydrogen-bond donors (Lipinski definition) is 0. The highest BCUT2D eigenvalue weighted by Gasteiger charge is 2.32. The van der Waals surface area contributed by atoms with Gasteiger partial charge in [0.25, 0.3) is 0 Å². The van der Waals surface area contributed by atoms with E-state index in [0.717, 1.165) is 50.3 Å². The molecule has 0 radical (unpaired) electrons. The molecule has 1 unspecified atom stereocenters. The maximum absolute atomic E-state index is 13.0. The summed E-state index contributed by atoms with van der Waals surface area (Å²) >= 11 is 0. The van der Waals surface area contributed by atoms with Gasteiger partial charge in [-0.15, -0.1) is 0 Å². The molecule has 3 heterocycles. The van der Waals surface area contributed by atoms with Crippen LogP contribution in [0.5, 0.6) is 0 Å². The lowest BCUT2D eigenvalue weighted by Gasteiger charge is -2.37. The highest BCUT2D eigenvalue weighted by molar-refractivity contribution is 6.00. The van der Waals surface area contributed by atoms with Crippen molar-refractivity contribution in [3.63, 3.8) is 0 Å². The van der Waals surface area contributed by atoms with Gasteiger partial charge in [-0.2, -0.15) is 0 Å². The number of carbonyl (C=O) groups is 2. The summed E-state index contributed by atoms with van der Waals surface area (Å²) in [5, 5.41) is 0. The van der Waals surface area contributed by atoms with Crippen molar-refractivity contribution in [1.29, 1.82) is 0 Å². The van der Waals surface area contributed by atoms with E-state index in [2.05, 4.69) is 11.0 Å². The number of anilines is 2. The molecule has 2 amide bonds. The average Bonchev–Trinajstić information content (AvgIpc) is 2.69. The van der Waals surface area contributed by atoms with E-state index in [0.29, 0.717) is 19.6 Å². The molecule has 26 heavy (non-hydrogen) atoms. The monoisotopic (exact) mass is 355 g/mol. The summed E-state index contributed by atoms with van der Waals surface area (Å²) in [6.07, 6.45) is 7.31. The largest absolute Gasteiger partial charge is 0.379 e. The van der Waals surface area contributed by atoms with Gasteiger partial charge in [0.05, 0.1) is 19.3 Å². The number of rotatable bonds is 3. The van der Waals surface area contributed by atoms with Crippen LogP contribution in [0.3, 0.4) is 0 Å². The van der Waals surface area contributed by atoms with Crippen LogP contribution in [0.2, 0.25) is 0 Å². The molecule has 0 N–H and O–H groups in total. The Bertz CT molecular complexity index is 695. The molecule has 2 fully saturated rings. The van der Waals surface area contributed by atoms with Crippen LogP contribution in [0.4, 0.5) is 11.4 Å². The Kier molecular flexibility index (Phi) is 5.04. The van der Waals surface area contributed by atoms with Crippen molar-refractivity contribution in [2.24, 2.45) is 0 Å². The van der Waals surface area contributed by atoms with E-state index in [1.54, 1.807) is 4.90 Å². The molecule has 6 nitrogen and oxygen atoms in total. The maximum Gasteiger partial charge on any atom is 0.248 e. The van der Waals surface area contributed by atoms with Crippen molar-refractivity contribution in [3.05, 3.63) is 36.5 Å². The third kappa shape index (κ3) is 3.39. The Balaban J connectivity index is 1.49. The van der Waals surface area contributed by atoms with Crippen LogP contribution in [0, 0.1) is 0 Å². The predicted molar refractivity (Wildman–Crippen MR) is 100 cm³/mol. The molecule has 0 aromatic heterocycles. The number of amides is 2. The van der Waals surface area contributed by atoms with E-state index in [-0.39, 0.29) is 17.9 Å². The van der Waals surface area contributed by atoms with Crippen molar-refractivity contribution in [1.82, 2.24) is 4.90 Å². The number of benzene rings is 1. The quantitative estimate of drug-likeness (QED) is 0.834. The Morgan fingerprint density at radius 1 is 0.923 bits per heavy atom. The van der Waals surface area contributed by atoms with Crippen LogP contribution in [0.1, 0.15) is 25.7 Å². The van der Waals surface area contributed by atoms with Crippen LogP contribution >= 0.6 is 0 Å². The fourth-order valence-corrected chi connectivity index (χ4v) is 3.91. The van der Waals surface area contributed by atoms with Crippen molar-refractivity contribution >= 4 is 23.2 Å². The Morgan fingerprint density at radius 2 is 1.65 bits per heavy atom. The minimum Gasteiger partial charge on any atom is -0.379 e. The van der Waals surface area contributed by atoms with Crippen molar-refractivity contribution in [2.75, 3.05) is 42.6 Å². The number of piperidine rings is 1. The van der Waals surface area contributed by atoms with Crippen LogP contribution in [0.25, 0.3) is 0 Å². The van der Waals surface area contributed by atoms with Crippen molar-refractivity contribution in [2.45, 2.75) is 31.7 Å². The molecule has 138 valence electrons. The summed E-state index contributed by atoms with van der Waals surface area (Å²) in [6.45, 7) is 3.75. The summed E-state index contributed by atoms with van der Waals surface area (Å²) in [5.41, 5.74) is 1.76. The Morgan fingerprint density at radius 3 is 2.38 bits per heavy atom. The number of morpholine rings is 1. The molecule has 2 saturated heterocycles. The number of hydrogen-bond acceptors (Lipinski definition) is 4. The highest BCUT2D eigenvalue weighted by Crippen LogP contribution is 2.27. The summed E-state index contributed by atoms with van der Waals surface area (Å²) in [4.78, 5) is 30.9. The van der Waals surface area contributed by atoms with E-state index in [4.69, 9.17) is 4.74 Å². The summed E-state index contributed by atoms with van der Waals surface area (Å²) in [6, 6.07) is 7.63. The van der Waals surface area contributed by atoms with Gasteiger partial charge in [-0.05, 0) is 43.5 Å². The van der Waals surface area contributed by atoms with E-state index in [9.17, 15) is 9.59 Å². The fraction of sp³-hybridized carbons (Fsp3) is 0.500. The molecule has 1 atom stereocenters. The van der Waals surface area contributed by atoms with Crippen LogP contribution < -0.4 is 9.80 Å². The molecule has 4 rings (SSSR count). The molecule has 0 spiro atoms. The maximum atomic E-state index is 13.0. The second kappa shape index (κ2) is 7.60. The standard InChI is InChI=1S/C20H25N3O3/c24-19-5-1-2-10-22(19)16-6-8-17(9-7-16)23-11-3-4-18(20(23)25)21-12-14-26-15-13-21/h3,6-9,11,18H,1-2,4-5,10,12-15H2. The van der Waals surface area contributed by atoms with E-state index < -0.39 is 0 Å². The van der Waals surface area contributed by atoms with Gasteiger partial charge in [0.1, 0.15) is 0 Å². The van der Waals surface area contributed by atoms with Gasteiger partial charge in [0.2, 0.25) is 11.8 Å². The fourth-order valence-electron chi connectivity index (χ4n) is 3.91. The third-order valence-corrected chi connectivity index (χ3v) is 5.39. The molecule has 0 bridgehead atoms. The van der Waals surface area contributed by atoms with Gasteiger partial charge in [0, 0.05) is 43.6 Å². The molecular formula is C20H25N3O3. The second-order valence-electron chi connectivity index (χ2n) is 7.01. The first-order valence-corrected chi connectivity index (χ1v) is 9.46.